The monoisotopic (exact) mass is 569 g/mol. The van der Waals surface area contributed by atoms with Gasteiger partial charge in [-0.05, 0) is 67.8 Å². The number of allylic oxidation sites excluding steroid dienone is 4. The molecule has 0 aromatic heterocycles. The Morgan fingerprint density at radius 3 is 2.70 bits per heavy atom. The maximum Gasteiger partial charge on any atom is 0.253 e. The molecule has 1 spiro atoms. The predicted molar refractivity (Wildman–Crippen MR) is 158 cm³/mol. The Morgan fingerprint density at radius 1 is 1.38 bits per heavy atom. The van der Waals surface area contributed by atoms with E-state index in [2.05, 4.69) is 64.0 Å². The van der Waals surface area contributed by atoms with Crippen molar-refractivity contribution in [1.29, 1.82) is 0 Å². The van der Waals surface area contributed by atoms with E-state index in [4.69, 9.17) is 14.9 Å². The van der Waals surface area contributed by atoms with Crippen molar-refractivity contribution in [3.05, 3.63) is 36.5 Å². The highest BCUT2D eigenvalue weighted by atomic mass is 28.4. The van der Waals surface area contributed by atoms with Crippen LogP contribution in [0.1, 0.15) is 53.4 Å². The molecule has 1 heterocycles. The van der Waals surface area contributed by atoms with Crippen molar-refractivity contribution in [2.75, 3.05) is 19.8 Å². The SMILES string of the molecule is C=C[C@@H]1CC2[C@@H]3CCC4=C/C(=N/NC(=O)CN)C=C[C@]4(C)C3[C@@H](O)C[C@@]23CO[C@]13C(=O)CO[Si](C)(C)C(C)(C)C. The number of nitrogens with zero attached hydrogens (tertiary/aromatic N) is 1. The number of amides is 1. The van der Waals surface area contributed by atoms with E-state index in [0.29, 0.717) is 18.7 Å². The van der Waals surface area contributed by atoms with Crippen molar-refractivity contribution in [2.45, 2.75) is 83.2 Å². The fourth-order valence-corrected chi connectivity index (χ4v) is 9.44. The fraction of sp³-hybridized carbons (Fsp3) is 0.710. The van der Waals surface area contributed by atoms with Gasteiger partial charge in [0.15, 0.2) is 14.1 Å². The van der Waals surface area contributed by atoms with Crippen LogP contribution in [0.5, 0.6) is 0 Å². The first-order valence-electron chi connectivity index (χ1n) is 14.8. The number of fused-ring (bicyclic) bond motifs is 4. The van der Waals surface area contributed by atoms with Crippen LogP contribution >= 0.6 is 0 Å². The quantitative estimate of drug-likeness (QED) is 0.243. The van der Waals surface area contributed by atoms with Gasteiger partial charge in [0.2, 0.25) is 0 Å². The number of aliphatic hydroxyl groups excluding tert-OH is 1. The zero-order chi connectivity index (χ0) is 29.3. The number of ether oxygens (including phenoxy) is 1. The van der Waals surface area contributed by atoms with Crippen LogP contribution in [0.2, 0.25) is 18.1 Å². The number of hydrazone groups is 1. The van der Waals surface area contributed by atoms with E-state index in [1.165, 1.54) is 5.57 Å². The Kier molecular flexibility index (Phi) is 7.27. The van der Waals surface area contributed by atoms with Gasteiger partial charge in [-0.1, -0.05) is 45.4 Å². The van der Waals surface area contributed by atoms with E-state index in [1.54, 1.807) is 0 Å². The summed E-state index contributed by atoms with van der Waals surface area (Å²) in [6.45, 7) is 17.7. The minimum Gasteiger partial charge on any atom is -0.409 e. The first kappa shape index (κ1) is 29.6. The summed E-state index contributed by atoms with van der Waals surface area (Å²) >= 11 is 0. The molecule has 220 valence electrons. The molecular formula is C31H47N3O5Si. The number of carbonyl (C=O) groups is 2. The summed E-state index contributed by atoms with van der Waals surface area (Å²) in [6.07, 6.45) is 10.7. The maximum absolute atomic E-state index is 14.1. The third-order valence-corrected chi connectivity index (χ3v) is 16.1. The summed E-state index contributed by atoms with van der Waals surface area (Å²) in [5, 5.41) is 16.1. The number of rotatable bonds is 7. The predicted octanol–water partition coefficient (Wildman–Crippen LogP) is 3.88. The van der Waals surface area contributed by atoms with Gasteiger partial charge in [0.25, 0.3) is 5.91 Å². The van der Waals surface area contributed by atoms with E-state index in [9.17, 15) is 14.7 Å². The molecule has 8 nitrogen and oxygen atoms in total. The highest BCUT2D eigenvalue weighted by Crippen LogP contribution is 2.73. The van der Waals surface area contributed by atoms with Gasteiger partial charge >= 0.3 is 0 Å². The summed E-state index contributed by atoms with van der Waals surface area (Å²) in [5.41, 5.74) is 8.10. The summed E-state index contributed by atoms with van der Waals surface area (Å²) in [4.78, 5) is 25.7. The van der Waals surface area contributed by atoms with Crippen molar-refractivity contribution < 1.29 is 23.9 Å². The molecule has 0 aromatic rings. The lowest BCUT2D eigenvalue weighted by Crippen LogP contribution is -2.73. The van der Waals surface area contributed by atoms with Crippen LogP contribution in [0.15, 0.2) is 41.6 Å². The summed E-state index contributed by atoms with van der Waals surface area (Å²) in [7, 11) is -2.12. The van der Waals surface area contributed by atoms with Crippen molar-refractivity contribution in [1.82, 2.24) is 5.43 Å². The first-order valence-corrected chi connectivity index (χ1v) is 17.7. The molecule has 0 bridgehead atoms. The highest BCUT2D eigenvalue weighted by Gasteiger charge is 2.78. The second-order valence-corrected chi connectivity index (χ2v) is 19.2. The smallest absolute Gasteiger partial charge is 0.253 e. The van der Waals surface area contributed by atoms with E-state index >= 15 is 0 Å². The number of hydrogen-bond acceptors (Lipinski definition) is 7. The zero-order valence-electron chi connectivity index (χ0n) is 25.0. The third-order valence-electron chi connectivity index (χ3n) is 11.6. The second-order valence-electron chi connectivity index (χ2n) is 14.4. The molecule has 4 aliphatic carbocycles. The molecular weight excluding hydrogens is 522 g/mol. The number of nitrogens with one attached hydrogen (secondary N) is 1. The fourth-order valence-electron chi connectivity index (χ4n) is 8.52. The molecule has 1 saturated heterocycles. The molecule has 0 aromatic carbocycles. The van der Waals surface area contributed by atoms with Crippen molar-refractivity contribution in [2.24, 2.45) is 45.3 Å². The molecule has 2 unspecified atom stereocenters. The van der Waals surface area contributed by atoms with Crippen LogP contribution in [-0.2, 0) is 18.8 Å². The summed E-state index contributed by atoms with van der Waals surface area (Å²) in [6, 6.07) is 0. The van der Waals surface area contributed by atoms with Gasteiger partial charge in [-0.25, -0.2) is 5.43 Å². The normalized spacial score (nSPS) is 41.1. The summed E-state index contributed by atoms with van der Waals surface area (Å²) < 4.78 is 12.8. The molecule has 5 rings (SSSR count). The third kappa shape index (κ3) is 4.10. The molecule has 4 N–H and O–H groups in total. The highest BCUT2D eigenvalue weighted by molar-refractivity contribution is 6.74. The Hall–Kier alpha value is -1.91. The average molecular weight is 570 g/mol. The Bertz CT molecular complexity index is 1190. The van der Waals surface area contributed by atoms with Gasteiger partial charge in [-0.15, -0.1) is 6.58 Å². The molecule has 9 heteroatoms. The molecule has 3 saturated carbocycles. The number of carbonyl (C=O) groups excluding carboxylic acids is 2. The van der Waals surface area contributed by atoms with Crippen molar-refractivity contribution in [3.8, 4) is 0 Å². The topological polar surface area (TPSA) is 123 Å². The summed E-state index contributed by atoms with van der Waals surface area (Å²) in [5.74, 6) is 0.137. The molecule has 5 aliphatic rings. The number of ketones is 1. The molecule has 40 heavy (non-hydrogen) atoms. The van der Waals surface area contributed by atoms with Crippen LogP contribution in [0.25, 0.3) is 0 Å². The Balaban J connectivity index is 1.42. The molecule has 4 fully saturated rings. The van der Waals surface area contributed by atoms with E-state index in [0.717, 1.165) is 19.3 Å². The lowest BCUT2D eigenvalue weighted by atomic mass is 9.44. The van der Waals surface area contributed by atoms with Gasteiger partial charge in [-0.2, -0.15) is 5.10 Å². The Morgan fingerprint density at radius 2 is 2.10 bits per heavy atom. The number of nitrogens with two attached hydrogens (primary N) is 1. The van der Waals surface area contributed by atoms with Gasteiger partial charge in [0.1, 0.15) is 5.60 Å². The number of Topliss-reactive ketones (excluding diaryl/α,β-unsaturated/α-hetero) is 1. The van der Waals surface area contributed by atoms with Crippen molar-refractivity contribution in [3.63, 3.8) is 0 Å². The van der Waals surface area contributed by atoms with Gasteiger partial charge in [-0.3, -0.25) is 9.59 Å². The average Bonchev–Trinajstić information content (AvgIpc) is 3.08. The van der Waals surface area contributed by atoms with Crippen LogP contribution in [0, 0.1) is 34.5 Å². The molecule has 0 radical (unpaired) electrons. The first-order chi connectivity index (χ1) is 18.7. The molecule has 1 aliphatic heterocycles. The second kappa shape index (κ2) is 9.83. The van der Waals surface area contributed by atoms with Crippen LogP contribution in [-0.4, -0.2) is 62.3 Å². The van der Waals surface area contributed by atoms with Gasteiger partial charge in [0.05, 0.1) is 31.6 Å². The van der Waals surface area contributed by atoms with E-state index in [1.807, 2.05) is 18.2 Å². The lowest BCUT2D eigenvalue weighted by Gasteiger charge is -2.65. The molecule has 8 atom stereocenters. The largest absolute Gasteiger partial charge is 0.409 e. The van der Waals surface area contributed by atoms with E-state index in [-0.39, 0.29) is 59.0 Å². The van der Waals surface area contributed by atoms with Crippen LogP contribution in [0.3, 0.4) is 0 Å². The molecule has 1 amide bonds. The van der Waals surface area contributed by atoms with E-state index < -0.39 is 25.4 Å². The minimum absolute atomic E-state index is 0.00424. The number of aliphatic hydroxyl groups is 1. The lowest BCUT2D eigenvalue weighted by molar-refractivity contribution is -0.293. The van der Waals surface area contributed by atoms with Crippen LogP contribution in [0.4, 0.5) is 0 Å². The zero-order valence-corrected chi connectivity index (χ0v) is 26.0. The standard InChI is InChI=1S/C31H47N3O5Si/c1-8-19-14-23-22-10-9-20-13-21(33-34-26(37)16-32)11-12-29(20,5)27(22)24(35)15-30(23)18-38-31(19,30)25(36)17-39-40(6,7)28(2,3)4/h8,11-13,19,22-24,27,35H,1,9-10,14-18,32H2,2-7H3,(H,34,37)/b33-21+/t19-,22+,23?,24+,27?,29+,30-,31+/m1/s1. The van der Waals surface area contributed by atoms with Gasteiger partial charge in [0, 0.05) is 22.7 Å². The maximum atomic E-state index is 14.1. The van der Waals surface area contributed by atoms with Gasteiger partial charge < -0.3 is 20.0 Å². The number of hydrogen-bond donors (Lipinski definition) is 3. The van der Waals surface area contributed by atoms with Crippen LogP contribution < -0.4 is 11.2 Å². The Labute approximate surface area is 239 Å². The van der Waals surface area contributed by atoms with Crippen molar-refractivity contribution >= 4 is 25.7 Å². The minimum atomic E-state index is -2.12.